The van der Waals surface area contributed by atoms with Crippen molar-refractivity contribution in [1.29, 1.82) is 0 Å². The lowest BCUT2D eigenvalue weighted by molar-refractivity contribution is 0.418. The van der Waals surface area contributed by atoms with E-state index in [-0.39, 0.29) is 11.4 Å². The maximum Gasteiger partial charge on any atom is 0.128 e. The van der Waals surface area contributed by atoms with Gasteiger partial charge in [0.05, 0.1) is 0 Å². The molecule has 0 aliphatic heterocycles. The van der Waals surface area contributed by atoms with Gasteiger partial charge in [-0.15, -0.1) is 0 Å². The molecule has 0 atom stereocenters. The number of rotatable bonds is 2. The van der Waals surface area contributed by atoms with Crippen LogP contribution in [-0.2, 0) is 6.54 Å². The van der Waals surface area contributed by atoms with Gasteiger partial charge in [0.1, 0.15) is 5.82 Å². The average molecular weight is 260 g/mol. The molecule has 1 aromatic rings. The van der Waals surface area contributed by atoms with Crippen LogP contribution in [0.25, 0.3) is 0 Å². The lowest BCUT2D eigenvalue weighted by atomic mass is 10.1. The van der Waals surface area contributed by atoms with Crippen molar-refractivity contribution in [3.05, 3.63) is 34.1 Å². The summed E-state index contributed by atoms with van der Waals surface area (Å²) in [6, 6.07) is 5.02. The van der Waals surface area contributed by atoms with Gasteiger partial charge >= 0.3 is 0 Å². The van der Waals surface area contributed by atoms with Crippen molar-refractivity contribution >= 4 is 15.9 Å². The SMILES string of the molecule is CC(C)(C)NCc1c(F)cccc1Br. The molecule has 1 N–H and O–H groups in total. The highest BCUT2D eigenvalue weighted by Crippen LogP contribution is 2.19. The van der Waals surface area contributed by atoms with Crippen molar-refractivity contribution in [2.75, 3.05) is 0 Å². The van der Waals surface area contributed by atoms with Crippen LogP contribution in [0.2, 0.25) is 0 Å². The third-order valence-corrected chi connectivity index (χ3v) is 2.60. The number of hydrogen-bond donors (Lipinski definition) is 1. The molecule has 3 heteroatoms. The van der Waals surface area contributed by atoms with Gasteiger partial charge in [-0.2, -0.15) is 0 Å². The van der Waals surface area contributed by atoms with Crippen LogP contribution in [0, 0.1) is 5.82 Å². The zero-order chi connectivity index (χ0) is 10.8. The van der Waals surface area contributed by atoms with Gasteiger partial charge in [0.15, 0.2) is 0 Å². The predicted molar refractivity (Wildman–Crippen MR) is 60.7 cm³/mol. The highest BCUT2D eigenvalue weighted by Gasteiger charge is 2.12. The lowest BCUT2D eigenvalue weighted by Gasteiger charge is -2.21. The molecular formula is C11H15BrFN. The topological polar surface area (TPSA) is 12.0 Å². The molecule has 14 heavy (non-hydrogen) atoms. The van der Waals surface area contributed by atoms with E-state index in [0.717, 1.165) is 4.47 Å². The van der Waals surface area contributed by atoms with Gasteiger partial charge in [-0.25, -0.2) is 4.39 Å². The van der Waals surface area contributed by atoms with Gasteiger partial charge in [0, 0.05) is 22.1 Å². The van der Waals surface area contributed by atoms with Gasteiger partial charge in [0.2, 0.25) is 0 Å². The highest BCUT2D eigenvalue weighted by molar-refractivity contribution is 9.10. The molecule has 0 saturated carbocycles. The molecule has 0 aromatic heterocycles. The Labute approximate surface area is 92.8 Å². The van der Waals surface area contributed by atoms with E-state index in [9.17, 15) is 4.39 Å². The molecule has 1 aromatic carbocycles. The van der Waals surface area contributed by atoms with Crippen LogP contribution in [0.4, 0.5) is 4.39 Å². The molecule has 0 unspecified atom stereocenters. The maximum absolute atomic E-state index is 13.4. The van der Waals surface area contributed by atoms with Crippen molar-refractivity contribution in [2.24, 2.45) is 0 Å². The Morgan fingerprint density at radius 3 is 2.50 bits per heavy atom. The summed E-state index contributed by atoms with van der Waals surface area (Å²) in [5.74, 6) is -0.170. The van der Waals surface area contributed by atoms with E-state index in [0.29, 0.717) is 12.1 Å². The van der Waals surface area contributed by atoms with Gasteiger partial charge in [0.25, 0.3) is 0 Å². The Balaban J connectivity index is 2.77. The summed E-state index contributed by atoms with van der Waals surface area (Å²) in [6.45, 7) is 6.71. The standard InChI is InChI=1S/C11H15BrFN/c1-11(2,3)14-7-8-9(12)5-4-6-10(8)13/h4-6,14H,7H2,1-3H3. The molecule has 0 amide bonds. The van der Waals surface area contributed by atoms with E-state index in [1.54, 1.807) is 6.07 Å². The van der Waals surface area contributed by atoms with Crippen molar-refractivity contribution in [3.63, 3.8) is 0 Å². The summed E-state index contributed by atoms with van der Waals surface area (Å²) < 4.78 is 14.2. The first-order valence-electron chi connectivity index (χ1n) is 4.58. The van der Waals surface area contributed by atoms with Crippen molar-refractivity contribution in [3.8, 4) is 0 Å². The second-order valence-corrected chi connectivity index (χ2v) is 5.16. The number of halogens is 2. The zero-order valence-corrected chi connectivity index (χ0v) is 10.3. The Morgan fingerprint density at radius 1 is 1.36 bits per heavy atom. The molecule has 0 bridgehead atoms. The van der Waals surface area contributed by atoms with Crippen LogP contribution in [0.5, 0.6) is 0 Å². The van der Waals surface area contributed by atoms with E-state index in [1.807, 2.05) is 6.07 Å². The van der Waals surface area contributed by atoms with Crippen LogP contribution in [-0.4, -0.2) is 5.54 Å². The van der Waals surface area contributed by atoms with E-state index in [1.165, 1.54) is 6.07 Å². The summed E-state index contributed by atoms with van der Waals surface area (Å²) in [6.07, 6.45) is 0. The lowest BCUT2D eigenvalue weighted by Crippen LogP contribution is -2.35. The average Bonchev–Trinajstić information content (AvgIpc) is 2.01. The molecular weight excluding hydrogens is 245 g/mol. The largest absolute Gasteiger partial charge is 0.308 e. The molecule has 0 fully saturated rings. The fraction of sp³-hybridized carbons (Fsp3) is 0.455. The molecule has 0 aliphatic rings. The van der Waals surface area contributed by atoms with E-state index in [4.69, 9.17) is 0 Å². The molecule has 0 spiro atoms. The second kappa shape index (κ2) is 4.41. The molecule has 1 nitrogen and oxygen atoms in total. The van der Waals surface area contributed by atoms with E-state index < -0.39 is 0 Å². The summed E-state index contributed by atoms with van der Waals surface area (Å²) in [5.41, 5.74) is 0.685. The van der Waals surface area contributed by atoms with Gasteiger partial charge < -0.3 is 5.32 Å². The highest BCUT2D eigenvalue weighted by atomic mass is 79.9. The first-order valence-corrected chi connectivity index (χ1v) is 5.37. The second-order valence-electron chi connectivity index (χ2n) is 4.30. The van der Waals surface area contributed by atoms with Crippen LogP contribution in [0.3, 0.4) is 0 Å². The fourth-order valence-corrected chi connectivity index (χ4v) is 1.54. The minimum absolute atomic E-state index is 0.00171. The predicted octanol–water partition coefficient (Wildman–Crippen LogP) is 3.48. The number of nitrogens with one attached hydrogen (secondary N) is 1. The van der Waals surface area contributed by atoms with E-state index >= 15 is 0 Å². The number of benzene rings is 1. The minimum atomic E-state index is -0.170. The minimum Gasteiger partial charge on any atom is -0.308 e. The smallest absolute Gasteiger partial charge is 0.128 e. The Morgan fingerprint density at radius 2 is 2.00 bits per heavy atom. The fourth-order valence-electron chi connectivity index (χ4n) is 1.05. The summed E-state index contributed by atoms with van der Waals surface area (Å²) >= 11 is 3.33. The van der Waals surface area contributed by atoms with Crippen LogP contribution in [0.15, 0.2) is 22.7 Å². The van der Waals surface area contributed by atoms with Crippen molar-refractivity contribution in [2.45, 2.75) is 32.9 Å². The van der Waals surface area contributed by atoms with Gasteiger partial charge in [-0.05, 0) is 32.9 Å². The normalized spacial score (nSPS) is 11.8. The molecule has 1 rings (SSSR count). The molecule has 0 heterocycles. The zero-order valence-electron chi connectivity index (χ0n) is 8.70. The van der Waals surface area contributed by atoms with Crippen molar-refractivity contribution < 1.29 is 4.39 Å². The molecule has 0 saturated heterocycles. The Hall–Kier alpha value is -0.410. The monoisotopic (exact) mass is 259 g/mol. The maximum atomic E-state index is 13.4. The van der Waals surface area contributed by atoms with Crippen LogP contribution in [0.1, 0.15) is 26.3 Å². The quantitative estimate of drug-likeness (QED) is 0.858. The molecule has 0 radical (unpaired) electrons. The summed E-state index contributed by atoms with van der Waals surface area (Å²) in [7, 11) is 0. The third-order valence-electron chi connectivity index (χ3n) is 1.86. The van der Waals surface area contributed by atoms with Gasteiger partial charge in [-0.1, -0.05) is 22.0 Å². The van der Waals surface area contributed by atoms with E-state index in [2.05, 4.69) is 42.0 Å². The Kier molecular flexibility index (Phi) is 3.67. The Bertz CT molecular complexity index is 297. The van der Waals surface area contributed by atoms with Gasteiger partial charge in [-0.3, -0.25) is 0 Å². The summed E-state index contributed by atoms with van der Waals surface area (Å²) in [4.78, 5) is 0. The molecule has 0 aliphatic carbocycles. The first-order chi connectivity index (χ1) is 6.40. The van der Waals surface area contributed by atoms with Crippen LogP contribution >= 0.6 is 15.9 Å². The number of hydrogen-bond acceptors (Lipinski definition) is 1. The summed E-state index contributed by atoms with van der Waals surface area (Å²) in [5, 5.41) is 3.25. The molecule has 78 valence electrons. The third kappa shape index (κ3) is 3.39. The van der Waals surface area contributed by atoms with Crippen molar-refractivity contribution in [1.82, 2.24) is 5.32 Å². The van der Waals surface area contributed by atoms with Crippen LogP contribution < -0.4 is 5.32 Å². The first kappa shape index (κ1) is 11.7.